The van der Waals surface area contributed by atoms with Gasteiger partial charge in [0.05, 0.1) is 21.7 Å². The van der Waals surface area contributed by atoms with Crippen LogP contribution in [0.2, 0.25) is 10.0 Å². The Balaban J connectivity index is 2.65. The van der Waals surface area contributed by atoms with Gasteiger partial charge in [0.15, 0.2) is 0 Å². The molecule has 1 rings (SSSR count). The van der Waals surface area contributed by atoms with Crippen molar-refractivity contribution >= 4 is 40.9 Å². The number of benzene rings is 1. The molecule has 0 spiro atoms. The molecule has 19 heavy (non-hydrogen) atoms. The van der Waals surface area contributed by atoms with Gasteiger partial charge in [-0.3, -0.25) is 4.79 Å². The Kier molecular flexibility index (Phi) is 5.38. The van der Waals surface area contributed by atoms with E-state index in [1.807, 2.05) is 0 Å². The Labute approximate surface area is 118 Å². The fraction of sp³-hybridized carbons (Fsp3) is 0.273. The molecule has 1 atom stereocenters. The predicted octanol–water partition coefficient (Wildman–Crippen LogP) is 2.97. The number of urea groups is 1. The second-order valence-corrected chi connectivity index (χ2v) is 4.63. The molecule has 0 bridgehead atoms. The number of amides is 2. The molecule has 0 aliphatic carbocycles. The summed E-state index contributed by atoms with van der Waals surface area (Å²) in [5, 5.41) is 13.2. The van der Waals surface area contributed by atoms with Gasteiger partial charge in [-0.05, 0) is 12.1 Å². The minimum absolute atomic E-state index is 0.0496. The van der Waals surface area contributed by atoms with Gasteiger partial charge in [-0.1, -0.05) is 30.1 Å². The van der Waals surface area contributed by atoms with Crippen LogP contribution in [0.3, 0.4) is 0 Å². The first-order chi connectivity index (χ1) is 8.81. The molecule has 0 heterocycles. The molecule has 1 unspecified atom stereocenters. The molecular formula is C11H11Cl2FN2O3. The van der Waals surface area contributed by atoms with E-state index in [1.165, 1.54) is 6.92 Å². The zero-order valence-corrected chi connectivity index (χ0v) is 11.3. The topological polar surface area (TPSA) is 78.4 Å². The van der Waals surface area contributed by atoms with E-state index in [0.717, 1.165) is 12.1 Å². The Morgan fingerprint density at radius 1 is 1.37 bits per heavy atom. The number of anilines is 1. The number of nitrogens with one attached hydrogen (secondary N) is 2. The molecule has 0 fully saturated rings. The lowest BCUT2D eigenvalue weighted by Gasteiger charge is -2.12. The molecule has 2 amide bonds. The lowest BCUT2D eigenvalue weighted by molar-refractivity contribution is -0.140. The highest BCUT2D eigenvalue weighted by Gasteiger charge is 2.14. The lowest BCUT2D eigenvalue weighted by atomic mass is 10.2. The zero-order valence-electron chi connectivity index (χ0n) is 9.84. The second kappa shape index (κ2) is 6.58. The molecule has 0 saturated heterocycles. The summed E-state index contributed by atoms with van der Waals surface area (Å²) in [6.45, 7) is 1.39. The van der Waals surface area contributed by atoms with E-state index in [-0.39, 0.29) is 22.3 Å². The van der Waals surface area contributed by atoms with Crippen molar-refractivity contribution in [3.63, 3.8) is 0 Å². The van der Waals surface area contributed by atoms with Gasteiger partial charge in [-0.25, -0.2) is 9.18 Å². The summed E-state index contributed by atoms with van der Waals surface area (Å²) in [7, 11) is 0. The first-order valence-corrected chi connectivity index (χ1v) is 5.99. The van der Waals surface area contributed by atoms with E-state index >= 15 is 0 Å². The molecule has 1 aromatic rings. The summed E-state index contributed by atoms with van der Waals surface area (Å²) in [5.41, 5.74) is 0.0604. The lowest BCUT2D eigenvalue weighted by Crippen LogP contribution is -2.34. The van der Waals surface area contributed by atoms with Crippen LogP contribution in [0.5, 0.6) is 0 Å². The standard InChI is InChI=1S/C11H11Cl2FN2O3/c1-5(10(17)18)4-15-11(19)16-9-7(12)2-6(14)3-8(9)13/h2-3,5H,4H2,1H3,(H,17,18)(H2,15,16,19). The van der Waals surface area contributed by atoms with Crippen molar-refractivity contribution in [1.29, 1.82) is 0 Å². The van der Waals surface area contributed by atoms with Crippen LogP contribution >= 0.6 is 23.2 Å². The zero-order chi connectivity index (χ0) is 14.6. The third-order valence-electron chi connectivity index (χ3n) is 2.24. The molecule has 5 nitrogen and oxygen atoms in total. The number of hydrogen-bond acceptors (Lipinski definition) is 2. The highest BCUT2D eigenvalue weighted by Crippen LogP contribution is 2.31. The van der Waals surface area contributed by atoms with Crippen LogP contribution in [-0.4, -0.2) is 23.7 Å². The van der Waals surface area contributed by atoms with Gasteiger partial charge in [0.1, 0.15) is 5.82 Å². The van der Waals surface area contributed by atoms with Crippen molar-refractivity contribution in [2.24, 2.45) is 5.92 Å². The molecule has 0 aliphatic heterocycles. The average molecular weight is 309 g/mol. The van der Waals surface area contributed by atoms with Crippen LogP contribution in [0.15, 0.2) is 12.1 Å². The van der Waals surface area contributed by atoms with Gasteiger partial charge in [0, 0.05) is 6.54 Å². The molecule has 0 aliphatic rings. The summed E-state index contributed by atoms with van der Waals surface area (Å²) >= 11 is 11.5. The van der Waals surface area contributed by atoms with Gasteiger partial charge < -0.3 is 15.7 Å². The molecule has 1 aromatic carbocycles. The molecule has 0 radical (unpaired) electrons. The number of aliphatic carboxylic acids is 1. The van der Waals surface area contributed by atoms with E-state index in [9.17, 15) is 14.0 Å². The second-order valence-electron chi connectivity index (χ2n) is 3.82. The Bertz CT molecular complexity index is 488. The first-order valence-electron chi connectivity index (χ1n) is 5.23. The Hall–Kier alpha value is -1.53. The third-order valence-corrected chi connectivity index (χ3v) is 2.83. The molecular weight excluding hydrogens is 298 g/mol. The van der Waals surface area contributed by atoms with Crippen molar-refractivity contribution in [1.82, 2.24) is 5.32 Å². The van der Waals surface area contributed by atoms with Gasteiger partial charge in [-0.15, -0.1) is 0 Å². The molecule has 3 N–H and O–H groups in total. The number of carboxylic acids is 1. The fourth-order valence-electron chi connectivity index (χ4n) is 1.15. The van der Waals surface area contributed by atoms with Gasteiger partial charge >= 0.3 is 12.0 Å². The SMILES string of the molecule is CC(CNC(=O)Nc1c(Cl)cc(F)cc1Cl)C(=O)O. The molecule has 8 heteroatoms. The smallest absolute Gasteiger partial charge is 0.319 e. The average Bonchev–Trinajstić information content (AvgIpc) is 2.30. The van der Waals surface area contributed by atoms with Crippen LogP contribution in [0.1, 0.15) is 6.92 Å². The maximum atomic E-state index is 12.9. The molecule has 0 aromatic heterocycles. The predicted molar refractivity (Wildman–Crippen MR) is 70.2 cm³/mol. The van der Waals surface area contributed by atoms with Crippen LogP contribution < -0.4 is 10.6 Å². The third kappa shape index (κ3) is 4.57. The van der Waals surface area contributed by atoms with Crippen molar-refractivity contribution in [3.05, 3.63) is 28.0 Å². The quantitative estimate of drug-likeness (QED) is 0.800. The number of rotatable bonds is 4. The summed E-state index contributed by atoms with van der Waals surface area (Å²) in [4.78, 5) is 22.1. The molecule has 0 saturated carbocycles. The van der Waals surface area contributed by atoms with Crippen LogP contribution in [-0.2, 0) is 4.79 Å². The monoisotopic (exact) mass is 308 g/mol. The summed E-state index contributed by atoms with van der Waals surface area (Å²) in [6.07, 6.45) is 0. The Morgan fingerprint density at radius 2 is 1.89 bits per heavy atom. The van der Waals surface area contributed by atoms with Gasteiger partial charge in [0.2, 0.25) is 0 Å². The van der Waals surface area contributed by atoms with Crippen LogP contribution in [0.25, 0.3) is 0 Å². The minimum Gasteiger partial charge on any atom is -0.481 e. The highest BCUT2D eigenvalue weighted by atomic mass is 35.5. The minimum atomic E-state index is -1.03. The number of carbonyl (C=O) groups excluding carboxylic acids is 1. The maximum absolute atomic E-state index is 12.9. The number of carboxylic acid groups (broad SMARTS) is 1. The van der Waals surface area contributed by atoms with Gasteiger partial charge in [-0.2, -0.15) is 0 Å². The Morgan fingerprint density at radius 3 is 2.37 bits per heavy atom. The highest BCUT2D eigenvalue weighted by molar-refractivity contribution is 6.39. The summed E-state index contributed by atoms with van der Waals surface area (Å²) < 4.78 is 12.9. The van der Waals surface area contributed by atoms with Crippen molar-refractivity contribution in [3.8, 4) is 0 Å². The van der Waals surface area contributed by atoms with Gasteiger partial charge in [0.25, 0.3) is 0 Å². The molecule has 104 valence electrons. The van der Waals surface area contributed by atoms with E-state index < -0.39 is 23.7 Å². The van der Waals surface area contributed by atoms with E-state index in [4.69, 9.17) is 28.3 Å². The largest absolute Gasteiger partial charge is 0.481 e. The van der Waals surface area contributed by atoms with Crippen molar-refractivity contribution in [2.75, 3.05) is 11.9 Å². The first kappa shape index (κ1) is 15.5. The van der Waals surface area contributed by atoms with Crippen molar-refractivity contribution < 1.29 is 19.1 Å². The summed E-state index contributed by atoms with van der Waals surface area (Å²) in [6, 6.07) is 1.33. The van der Waals surface area contributed by atoms with E-state index in [1.54, 1.807) is 0 Å². The van der Waals surface area contributed by atoms with Crippen LogP contribution in [0.4, 0.5) is 14.9 Å². The summed E-state index contributed by atoms with van der Waals surface area (Å²) in [5.74, 6) is -2.39. The number of carbonyl (C=O) groups is 2. The van der Waals surface area contributed by atoms with Crippen LogP contribution in [0, 0.1) is 11.7 Å². The van der Waals surface area contributed by atoms with E-state index in [0.29, 0.717) is 0 Å². The number of hydrogen-bond donors (Lipinski definition) is 3. The fourth-order valence-corrected chi connectivity index (χ4v) is 1.71. The normalized spacial score (nSPS) is 11.8. The number of halogens is 3. The maximum Gasteiger partial charge on any atom is 0.319 e. The van der Waals surface area contributed by atoms with E-state index in [2.05, 4.69) is 10.6 Å². The van der Waals surface area contributed by atoms with Crippen molar-refractivity contribution in [2.45, 2.75) is 6.92 Å².